The number of benzene rings is 2. The van der Waals surface area contributed by atoms with Crippen molar-refractivity contribution in [3.05, 3.63) is 124 Å². The van der Waals surface area contributed by atoms with Gasteiger partial charge in [0.1, 0.15) is 0 Å². The molecule has 0 nitrogen and oxygen atoms in total. The molecule has 32 heavy (non-hydrogen) atoms. The van der Waals surface area contributed by atoms with Crippen molar-refractivity contribution in [2.24, 2.45) is 5.92 Å². The summed E-state index contributed by atoms with van der Waals surface area (Å²) in [5, 5.41) is 0. The van der Waals surface area contributed by atoms with Crippen molar-refractivity contribution in [3.63, 3.8) is 0 Å². The number of halogens is 2. The largest absolute Gasteiger partial charge is 1.00 e. The van der Waals surface area contributed by atoms with Gasteiger partial charge < -0.3 is 24.8 Å². The summed E-state index contributed by atoms with van der Waals surface area (Å²) in [7, 11) is 0. The van der Waals surface area contributed by atoms with E-state index in [9.17, 15) is 0 Å². The fourth-order valence-electron chi connectivity index (χ4n) is 4.49. The van der Waals surface area contributed by atoms with Crippen LogP contribution in [0, 0.1) is 5.92 Å². The monoisotopic (exact) mass is 538 g/mol. The van der Waals surface area contributed by atoms with Crippen molar-refractivity contribution >= 4 is 0 Å². The Bertz CT molecular complexity index is 1040. The molecule has 0 aromatic heterocycles. The van der Waals surface area contributed by atoms with Gasteiger partial charge in [0.05, 0.1) is 0 Å². The maximum atomic E-state index is 2.41. The summed E-state index contributed by atoms with van der Waals surface area (Å²) < 4.78 is 3.41. The van der Waals surface area contributed by atoms with E-state index in [4.69, 9.17) is 0 Å². The molecule has 0 bridgehead atoms. The first-order chi connectivity index (χ1) is 14.5. The first kappa shape index (κ1) is 26.9. The van der Waals surface area contributed by atoms with E-state index >= 15 is 0 Å². The van der Waals surface area contributed by atoms with E-state index < -0.39 is 23.2 Å². The van der Waals surface area contributed by atoms with Gasteiger partial charge in [-0.3, -0.25) is 0 Å². The zero-order valence-electron chi connectivity index (χ0n) is 19.3. The molecular weight excluding hydrogens is 510 g/mol. The summed E-state index contributed by atoms with van der Waals surface area (Å²) in [4.78, 5) is 0. The molecule has 0 amide bonds. The topological polar surface area (TPSA) is 0 Å². The molecule has 1 unspecified atom stereocenters. The maximum absolute atomic E-state index is 2.41. The van der Waals surface area contributed by atoms with E-state index in [1.165, 1.54) is 22.3 Å². The van der Waals surface area contributed by atoms with Crippen LogP contribution < -0.4 is 24.8 Å². The molecule has 2 aromatic carbocycles. The molecular formula is C29H30Cl2Zr. The standard InChI is InChI=1S/C20H17.C9H13.2ClH.Zr/c1-3-9-17(10-4-1)15-20(19-13-7-8-14-19)16-18-11-5-2-6-12-18;1-6-5-7(2)9(4)8(6)3;;;/h1-13H,15-16H2;6H,1-4H3;2*1H;/q;;;;+2/p-2. The van der Waals surface area contributed by atoms with Gasteiger partial charge in [-0.15, -0.1) is 0 Å². The molecule has 2 aromatic rings. The molecule has 1 atom stereocenters. The molecule has 2 aliphatic rings. The summed E-state index contributed by atoms with van der Waals surface area (Å²) in [6.07, 6.45) is 9.11. The molecule has 2 aliphatic carbocycles. The number of allylic oxidation sites excluding steroid dienone is 10. The van der Waals surface area contributed by atoms with Gasteiger partial charge in [-0.1, -0.05) is 0 Å². The average Bonchev–Trinajstić information content (AvgIpc) is 3.30. The Labute approximate surface area is 217 Å². The summed E-state index contributed by atoms with van der Waals surface area (Å²) in [5.41, 5.74) is 10.6. The summed E-state index contributed by atoms with van der Waals surface area (Å²) in [5.74, 6) is 0.631. The first-order valence-corrected chi connectivity index (χ1v) is 13.3. The van der Waals surface area contributed by atoms with Crippen LogP contribution in [0.2, 0.25) is 0 Å². The molecule has 0 spiro atoms. The minimum absolute atomic E-state index is 0. The van der Waals surface area contributed by atoms with Crippen LogP contribution in [0.15, 0.2) is 113 Å². The second-order valence-corrected chi connectivity index (χ2v) is 11.7. The second kappa shape index (κ2) is 12.2. The van der Waals surface area contributed by atoms with Gasteiger partial charge in [0, 0.05) is 0 Å². The third kappa shape index (κ3) is 5.93. The van der Waals surface area contributed by atoms with Crippen LogP contribution in [0.25, 0.3) is 0 Å². The fraction of sp³-hybridized carbons (Fsp3) is 0.241. The second-order valence-electron chi connectivity index (χ2n) is 8.47. The van der Waals surface area contributed by atoms with Crippen molar-refractivity contribution in [2.75, 3.05) is 0 Å². The van der Waals surface area contributed by atoms with Crippen molar-refractivity contribution in [1.29, 1.82) is 0 Å². The van der Waals surface area contributed by atoms with Gasteiger partial charge in [-0.25, -0.2) is 0 Å². The smallest absolute Gasteiger partial charge is 1.00 e. The number of hydrogen-bond donors (Lipinski definition) is 0. The minimum Gasteiger partial charge on any atom is -1.00 e. The van der Waals surface area contributed by atoms with Crippen LogP contribution in [0.1, 0.15) is 38.8 Å². The van der Waals surface area contributed by atoms with Crippen molar-refractivity contribution < 1.29 is 48.0 Å². The Morgan fingerprint density at radius 3 is 1.78 bits per heavy atom. The molecule has 0 saturated heterocycles. The van der Waals surface area contributed by atoms with Gasteiger partial charge in [0.25, 0.3) is 0 Å². The van der Waals surface area contributed by atoms with Gasteiger partial charge in [-0.05, 0) is 0 Å². The summed E-state index contributed by atoms with van der Waals surface area (Å²) in [6.45, 7) is 9.39. The van der Waals surface area contributed by atoms with Crippen LogP contribution in [0.3, 0.4) is 0 Å². The average molecular weight is 541 g/mol. The summed E-state index contributed by atoms with van der Waals surface area (Å²) in [6, 6.07) is 21.9. The predicted octanol–water partition coefficient (Wildman–Crippen LogP) is 1.57. The van der Waals surface area contributed by atoms with Gasteiger partial charge in [-0.2, -0.15) is 0 Å². The van der Waals surface area contributed by atoms with Crippen molar-refractivity contribution in [2.45, 2.75) is 40.5 Å². The Kier molecular flexibility index (Phi) is 10.2. The molecule has 0 aliphatic heterocycles. The van der Waals surface area contributed by atoms with Crippen LogP contribution in [-0.2, 0) is 36.1 Å². The molecule has 164 valence electrons. The zero-order valence-corrected chi connectivity index (χ0v) is 23.2. The van der Waals surface area contributed by atoms with Gasteiger partial charge in [0.2, 0.25) is 0 Å². The predicted molar refractivity (Wildman–Crippen MR) is 125 cm³/mol. The minimum atomic E-state index is -0.828. The molecule has 0 heterocycles. The van der Waals surface area contributed by atoms with E-state index in [1.54, 1.807) is 23.3 Å². The summed E-state index contributed by atoms with van der Waals surface area (Å²) >= 11 is -0.828. The molecule has 3 heteroatoms. The molecule has 4 rings (SSSR count). The maximum Gasteiger partial charge on any atom is -1.00 e. The van der Waals surface area contributed by atoms with Crippen LogP contribution >= 0.6 is 0 Å². The Hall–Kier alpha value is -1.40. The molecule has 0 saturated carbocycles. The van der Waals surface area contributed by atoms with Crippen LogP contribution in [-0.4, -0.2) is 0 Å². The van der Waals surface area contributed by atoms with Crippen LogP contribution in [0.4, 0.5) is 0 Å². The normalized spacial score (nSPS) is 17.1. The van der Waals surface area contributed by atoms with Crippen molar-refractivity contribution in [1.82, 2.24) is 0 Å². The Morgan fingerprint density at radius 2 is 1.31 bits per heavy atom. The number of hydrogen-bond acceptors (Lipinski definition) is 0. The molecule has 0 N–H and O–H groups in total. The van der Waals surface area contributed by atoms with E-state index in [0.29, 0.717) is 5.92 Å². The van der Waals surface area contributed by atoms with E-state index in [0.717, 1.165) is 12.8 Å². The first-order valence-electron chi connectivity index (χ1n) is 10.9. The quantitative estimate of drug-likeness (QED) is 0.522. The number of rotatable bonds is 6. The Morgan fingerprint density at radius 1 is 0.781 bits per heavy atom. The fourth-order valence-corrected chi connectivity index (χ4v) is 8.60. The van der Waals surface area contributed by atoms with Gasteiger partial charge in [0.15, 0.2) is 0 Å². The molecule has 0 fully saturated rings. The van der Waals surface area contributed by atoms with E-state index in [2.05, 4.69) is 107 Å². The van der Waals surface area contributed by atoms with Crippen molar-refractivity contribution in [3.8, 4) is 0 Å². The molecule has 0 radical (unpaired) electrons. The zero-order chi connectivity index (χ0) is 21.1. The SMILES string of the molecule is CC1=C(C)C(C)[C]([Zr+2][C]2=CC=CC2=C(Cc2ccccc2)Cc2ccccc2)=C1C.[Cl-].[Cl-]. The van der Waals surface area contributed by atoms with Gasteiger partial charge >= 0.3 is 194 Å². The third-order valence-electron chi connectivity index (χ3n) is 6.63. The van der Waals surface area contributed by atoms with Crippen LogP contribution in [0.5, 0.6) is 0 Å². The van der Waals surface area contributed by atoms with E-state index in [-0.39, 0.29) is 24.8 Å². The Balaban J connectivity index is 0.00000181. The van der Waals surface area contributed by atoms with E-state index in [1.807, 2.05) is 0 Å². The third-order valence-corrected chi connectivity index (χ3v) is 11.0.